The maximum Gasteiger partial charge on any atom is 0.342 e. The van der Waals surface area contributed by atoms with Crippen LogP contribution in [0, 0.1) is 5.92 Å². The van der Waals surface area contributed by atoms with Crippen LogP contribution in [0.25, 0.3) is 0 Å². The second-order valence-electron chi connectivity index (χ2n) is 8.83. The number of hydrogen-bond donors (Lipinski definition) is 5. The maximum atomic E-state index is 13.0. The lowest BCUT2D eigenvalue weighted by Crippen LogP contribution is -2.54. The molecule has 3 atom stereocenters. The number of carbonyl (C=O) groups excluding carboxylic acids is 2. The normalized spacial score (nSPS) is 22.2. The third-order valence-electron chi connectivity index (χ3n) is 5.56. The summed E-state index contributed by atoms with van der Waals surface area (Å²) < 4.78 is 11.7. The maximum absolute atomic E-state index is 13.0. The van der Waals surface area contributed by atoms with Crippen molar-refractivity contribution >= 4 is 19.4 Å². The molecule has 0 spiro atoms. The van der Waals surface area contributed by atoms with Gasteiger partial charge in [-0.25, -0.2) is 0 Å². The molecule has 0 aromatic heterocycles. The highest BCUT2D eigenvalue weighted by Gasteiger charge is 2.33. The Labute approximate surface area is 181 Å². The van der Waals surface area contributed by atoms with Gasteiger partial charge in [0, 0.05) is 6.54 Å². The van der Waals surface area contributed by atoms with E-state index in [4.69, 9.17) is 0 Å². The summed E-state index contributed by atoms with van der Waals surface area (Å²) in [6, 6.07) is -1.38. The molecule has 0 aliphatic carbocycles. The SMILES string of the molecule is CC[C@@H](NC(CC(C)C)C(=O)NC1CCCCCCCCCCNC1=O)P(=O)(O)O. The monoisotopic (exact) mass is 447 g/mol. The molecule has 9 heteroatoms. The zero-order chi connectivity index (χ0) is 22.6. The Morgan fingerprint density at radius 1 is 1.10 bits per heavy atom. The molecule has 5 N–H and O–H groups in total. The standard InChI is InChI=1S/C21H42N3O5P/c1-4-19(30(27,28)29)23-18(15-16(2)3)21(26)24-17-13-11-9-7-5-6-8-10-12-14-22-20(17)25/h16-19,23H,4-15H2,1-3H3,(H,22,25)(H,24,26)(H2,27,28,29)/t17?,18?,19-/m0/s1. The van der Waals surface area contributed by atoms with Gasteiger partial charge in [-0.15, -0.1) is 0 Å². The van der Waals surface area contributed by atoms with Gasteiger partial charge in [0.25, 0.3) is 0 Å². The first-order chi connectivity index (χ1) is 14.1. The van der Waals surface area contributed by atoms with E-state index in [-0.39, 0.29) is 24.2 Å². The molecule has 0 aromatic rings. The molecule has 1 aliphatic heterocycles. The lowest BCUT2D eigenvalue weighted by molar-refractivity contribution is -0.130. The van der Waals surface area contributed by atoms with Gasteiger partial charge in [-0.1, -0.05) is 65.7 Å². The van der Waals surface area contributed by atoms with Crippen LogP contribution in [0.5, 0.6) is 0 Å². The molecular formula is C21H42N3O5P. The van der Waals surface area contributed by atoms with Crippen molar-refractivity contribution in [3.8, 4) is 0 Å². The number of amides is 2. The highest BCUT2D eigenvalue weighted by atomic mass is 31.2. The first-order valence-electron chi connectivity index (χ1n) is 11.5. The molecule has 0 radical (unpaired) electrons. The summed E-state index contributed by atoms with van der Waals surface area (Å²) in [5, 5.41) is 8.64. The van der Waals surface area contributed by atoms with Crippen molar-refractivity contribution in [1.29, 1.82) is 0 Å². The molecule has 0 bridgehead atoms. The van der Waals surface area contributed by atoms with Crippen LogP contribution in [0.15, 0.2) is 0 Å². The summed E-state index contributed by atoms with van der Waals surface area (Å²) in [4.78, 5) is 44.8. The number of hydrogen-bond acceptors (Lipinski definition) is 4. The zero-order valence-electron chi connectivity index (χ0n) is 18.9. The van der Waals surface area contributed by atoms with Gasteiger partial charge in [0.2, 0.25) is 11.8 Å². The lowest BCUT2D eigenvalue weighted by Gasteiger charge is -2.28. The molecule has 1 heterocycles. The van der Waals surface area contributed by atoms with Crippen LogP contribution in [0.1, 0.15) is 91.4 Å². The van der Waals surface area contributed by atoms with E-state index in [1.807, 2.05) is 13.8 Å². The van der Waals surface area contributed by atoms with E-state index in [0.717, 1.165) is 32.1 Å². The van der Waals surface area contributed by atoms with Crippen molar-refractivity contribution in [2.45, 2.75) is 109 Å². The van der Waals surface area contributed by atoms with Crippen molar-refractivity contribution in [3.05, 3.63) is 0 Å². The molecule has 1 saturated heterocycles. The minimum absolute atomic E-state index is 0.149. The molecule has 0 saturated carbocycles. The predicted octanol–water partition coefficient (Wildman–Crippen LogP) is 3.03. The van der Waals surface area contributed by atoms with E-state index < -0.39 is 25.5 Å². The first-order valence-corrected chi connectivity index (χ1v) is 13.2. The summed E-state index contributed by atoms with van der Waals surface area (Å²) >= 11 is 0. The van der Waals surface area contributed by atoms with Gasteiger partial charge >= 0.3 is 7.60 Å². The summed E-state index contributed by atoms with van der Waals surface area (Å²) in [5.41, 5.74) is 0. The van der Waals surface area contributed by atoms with Gasteiger partial charge in [-0.2, -0.15) is 0 Å². The Hall–Kier alpha value is -0.950. The van der Waals surface area contributed by atoms with Crippen LogP contribution < -0.4 is 16.0 Å². The minimum Gasteiger partial charge on any atom is -0.354 e. The van der Waals surface area contributed by atoms with Crippen molar-refractivity contribution in [3.63, 3.8) is 0 Å². The summed E-state index contributed by atoms with van der Waals surface area (Å²) in [5.74, 6) is -1.48. The van der Waals surface area contributed by atoms with Crippen LogP contribution >= 0.6 is 7.60 Å². The van der Waals surface area contributed by atoms with Crippen molar-refractivity contribution in [2.75, 3.05) is 6.54 Å². The van der Waals surface area contributed by atoms with Gasteiger partial charge in [0.15, 0.2) is 0 Å². The van der Waals surface area contributed by atoms with E-state index in [2.05, 4.69) is 16.0 Å². The fourth-order valence-electron chi connectivity index (χ4n) is 3.82. The molecule has 176 valence electrons. The van der Waals surface area contributed by atoms with Crippen molar-refractivity contribution in [2.24, 2.45) is 5.92 Å². The molecular weight excluding hydrogens is 405 g/mol. The predicted molar refractivity (Wildman–Crippen MR) is 119 cm³/mol. The fourth-order valence-corrected chi connectivity index (χ4v) is 4.67. The Balaban J connectivity index is 2.84. The molecule has 1 aliphatic rings. The lowest BCUT2D eigenvalue weighted by atomic mass is 10.0. The topological polar surface area (TPSA) is 128 Å². The van der Waals surface area contributed by atoms with Gasteiger partial charge < -0.3 is 20.4 Å². The van der Waals surface area contributed by atoms with E-state index in [1.165, 1.54) is 19.3 Å². The molecule has 0 aromatic carbocycles. The van der Waals surface area contributed by atoms with Crippen LogP contribution in [-0.4, -0.2) is 46.0 Å². The van der Waals surface area contributed by atoms with Crippen LogP contribution in [0.2, 0.25) is 0 Å². The van der Waals surface area contributed by atoms with Crippen LogP contribution in [0.4, 0.5) is 0 Å². The highest BCUT2D eigenvalue weighted by Crippen LogP contribution is 2.41. The van der Waals surface area contributed by atoms with E-state index >= 15 is 0 Å². The van der Waals surface area contributed by atoms with Gasteiger partial charge in [0.05, 0.1) is 6.04 Å². The molecule has 2 amide bonds. The molecule has 30 heavy (non-hydrogen) atoms. The minimum atomic E-state index is -4.37. The average Bonchev–Trinajstić information content (AvgIpc) is 2.67. The van der Waals surface area contributed by atoms with Gasteiger partial charge in [-0.3, -0.25) is 19.5 Å². The van der Waals surface area contributed by atoms with Crippen molar-refractivity contribution in [1.82, 2.24) is 16.0 Å². The molecule has 1 rings (SSSR count). The number of nitrogens with one attached hydrogen (secondary N) is 3. The quantitative estimate of drug-likeness (QED) is 0.364. The smallest absolute Gasteiger partial charge is 0.342 e. The number of carbonyl (C=O) groups is 2. The van der Waals surface area contributed by atoms with Crippen molar-refractivity contribution < 1.29 is 23.9 Å². The zero-order valence-corrected chi connectivity index (χ0v) is 19.8. The average molecular weight is 448 g/mol. The summed E-state index contributed by atoms with van der Waals surface area (Å²) in [6.45, 7) is 6.18. The van der Waals surface area contributed by atoms with E-state index in [9.17, 15) is 23.9 Å². The Bertz CT molecular complexity index is 567. The third-order valence-corrected chi connectivity index (χ3v) is 6.89. The van der Waals surface area contributed by atoms with E-state index in [1.54, 1.807) is 6.92 Å². The van der Waals surface area contributed by atoms with Crippen LogP contribution in [-0.2, 0) is 14.2 Å². The first kappa shape index (κ1) is 27.1. The fraction of sp³-hybridized carbons (Fsp3) is 0.905. The summed E-state index contributed by atoms with van der Waals surface area (Å²) in [7, 11) is -4.37. The van der Waals surface area contributed by atoms with Crippen LogP contribution in [0.3, 0.4) is 0 Å². The molecule has 1 fully saturated rings. The summed E-state index contributed by atoms with van der Waals surface area (Å²) in [6.07, 6.45) is 9.90. The second-order valence-corrected chi connectivity index (χ2v) is 10.6. The third kappa shape index (κ3) is 10.9. The van der Waals surface area contributed by atoms with Gasteiger partial charge in [0.1, 0.15) is 11.8 Å². The highest BCUT2D eigenvalue weighted by molar-refractivity contribution is 7.52. The van der Waals surface area contributed by atoms with Gasteiger partial charge in [-0.05, 0) is 31.6 Å². The Morgan fingerprint density at radius 3 is 2.20 bits per heavy atom. The largest absolute Gasteiger partial charge is 0.354 e. The van der Waals surface area contributed by atoms with E-state index in [0.29, 0.717) is 19.4 Å². The molecule has 2 unspecified atom stereocenters. The second kappa shape index (κ2) is 14.2. The molecule has 8 nitrogen and oxygen atoms in total. The number of rotatable bonds is 8. The Morgan fingerprint density at radius 2 is 1.67 bits per heavy atom. The Kier molecular flexibility index (Phi) is 12.8.